The van der Waals surface area contributed by atoms with E-state index >= 15 is 0 Å². The molecule has 0 saturated carbocycles. The molecule has 0 aromatic heterocycles. The second kappa shape index (κ2) is 4.28. The van der Waals surface area contributed by atoms with E-state index < -0.39 is 18.4 Å². The van der Waals surface area contributed by atoms with Gasteiger partial charge in [0, 0.05) is 6.42 Å². The first-order valence-electron chi connectivity index (χ1n) is 4.88. The third-order valence-electron chi connectivity index (χ3n) is 2.62. The zero-order valence-corrected chi connectivity index (χ0v) is 9.40. The van der Waals surface area contributed by atoms with E-state index in [0.717, 1.165) is 16.7 Å². The molecular weight excluding hydrogens is 217 g/mol. The molecule has 0 N–H and O–H groups in total. The van der Waals surface area contributed by atoms with Crippen LogP contribution in [-0.4, -0.2) is 12.0 Å². The van der Waals surface area contributed by atoms with E-state index in [1.807, 2.05) is 13.8 Å². The first-order chi connectivity index (χ1) is 7.21. The molecule has 1 rings (SSSR count). The van der Waals surface area contributed by atoms with Gasteiger partial charge < -0.3 is 0 Å². The molecule has 1 aromatic rings. The van der Waals surface area contributed by atoms with E-state index in [9.17, 15) is 18.0 Å². The van der Waals surface area contributed by atoms with Crippen molar-refractivity contribution in [2.24, 2.45) is 0 Å². The van der Waals surface area contributed by atoms with Crippen molar-refractivity contribution in [3.63, 3.8) is 0 Å². The van der Waals surface area contributed by atoms with Crippen LogP contribution in [0.1, 0.15) is 22.3 Å². The fraction of sp³-hybridized carbons (Fsp3) is 0.417. The Morgan fingerprint density at radius 1 is 1.06 bits per heavy atom. The molecule has 4 heteroatoms. The van der Waals surface area contributed by atoms with Gasteiger partial charge in [-0.2, -0.15) is 13.2 Å². The highest BCUT2D eigenvalue weighted by atomic mass is 19.4. The number of ketones is 1. The fourth-order valence-corrected chi connectivity index (χ4v) is 1.48. The van der Waals surface area contributed by atoms with Crippen molar-refractivity contribution in [3.05, 3.63) is 34.4 Å². The van der Waals surface area contributed by atoms with E-state index in [4.69, 9.17) is 0 Å². The average Bonchev–Trinajstić information content (AvgIpc) is 2.12. The third kappa shape index (κ3) is 2.84. The maximum Gasteiger partial charge on any atom is 0.450 e. The lowest BCUT2D eigenvalue weighted by Gasteiger charge is -2.10. The van der Waals surface area contributed by atoms with Crippen molar-refractivity contribution in [1.29, 1.82) is 0 Å². The van der Waals surface area contributed by atoms with Crippen molar-refractivity contribution in [2.45, 2.75) is 33.4 Å². The summed E-state index contributed by atoms with van der Waals surface area (Å²) in [6.07, 6.45) is -5.32. The van der Waals surface area contributed by atoms with Crippen molar-refractivity contribution < 1.29 is 18.0 Å². The first kappa shape index (κ1) is 12.7. The van der Waals surface area contributed by atoms with Crippen LogP contribution < -0.4 is 0 Å². The van der Waals surface area contributed by atoms with E-state index in [2.05, 4.69) is 0 Å². The number of rotatable bonds is 2. The van der Waals surface area contributed by atoms with Gasteiger partial charge in [-0.3, -0.25) is 4.79 Å². The summed E-state index contributed by atoms with van der Waals surface area (Å²) in [5.41, 5.74) is 3.09. The summed E-state index contributed by atoms with van der Waals surface area (Å²) in [6, 6.07) is 3.45. The summed E-state index contributed by atoms with van der Waals surface area (Å²) in [5, 5.41) is 0. The van der Waals surface area contributed by atoms with Crippen LogP contribution in [0.25, 0.3) is 0 Å². The van der Waals surface area contributed by atoms with Gasteiger partial charge >= 0.3 is 6.18 Å². The van der Waals surface area contributed by atoms with Gasteiger partial charge in [-0.1, -0.05) is 12.1 Å². The van der Waals surface area contributed by atoms with Gasteiger partial charge in [0.1, 0.15) is 0 Å². The predicted molar refractivity (Wildman–Crippen MR) is 55.4 cm³/mol. The Balaban J connectivity index is 2.99. The zero-order valence-electron chi connectivity index (χ0n) is 9.40. The number of Topliss-reactive ketones (excluding diaryl/α,β-unsaturated/α-hetero) is 1. The minimum Gasteiger partial charge on any atom is -0.289 e. The molecule has 0 spiro atoms. The molecule has 0 amide bonds. The molecule has 0 aliphatic rings. The number of benzene rings is 1. The summed E-state index contributed by atoms with van der Waals surface area (Å²) in [4.78, 5) is 10.9. The van der Waals surface area contributed by atoms with Crippen LogP contribution >= 0.6 is 0 Å². The average molecular weight is 230 g/mol. The first-order valence-corrected chi connectivity index (χ1v) is 4.88. The lowest BCUT2D eigenvalue weighted by atomic mass is 9.97. The fourth-order valence-electron chi connectivity index (χ4n) is 1.48. The van der Waals surface area contributed by atoms with Crippen LogP contribution in [0.15, 0.2) is 12.1 Å². The predicted octanol–water partition coefficient (Wildman–Crippen LogP) is 3.29. The lowest BCUT2D eigenvalue weighted by molar-refractivity contribution is -0.170. The summed E-state index contributed by atoms with van der Waals surface area (Å²) < 4.78 is 36.3. The topological polar surface area (TPSA) is 17.1 Å². The van der Waals surface area contributed by atoms with Gasteiger partial charge in [-0.25, -0.2) is 0 Å². The highest BCUT2D eigenvalue weighted by Crippen LogP contribution is 2.22. The number of carbonyl (C=O) groups is 1. The molecule has 0 atom stereocenters. The molecule has 0 aliphatic carbocycles. The number of alkyl halides is 3. The maximum absolute atomic E-state index is 12.1. The van der Waals surface area contributed by atoms with Crippen LogP contribution in [0.5, 0.6) is 0 Å². The summed E-state index contributed by atoms with van der Waals surface area (Å²) >= 11 is 0. The van der Waals surface area contributed by atoms with Crippen molar-refractivity contribution >= 4 is 5.78 Å². The van der Waals surface area contributed by atoms with E-state index in [1.54, 1.807) is 19.1 Å². The molecule has 88 valence electrons. The van der Waals surface area contributed by atoms with Gasteiger partial charge in [0.2, 0.25) is 5.78 Å². The molecule has 0 unspecified atom stereocenters. The molecular formula is C12H13F3O. The Morgan fingerprint density at radius 2 is 1.56 bits per heavy atom. The molecule has 0 saturated heterocycles. The number of hydrogen-bond donors (Lipinski definition) is 0. The van der Waals surface area contributed by atoms with Crippen LogP contribution in [0.4, 0.5) is 13.2 Å². The minimum absolute atomic E-state index is 0.449. The van der Waals surface area contributed by atoms with Crippen LogP contribution in [0, 0.1) is 20.8 Å². The molecule has 0 radical (unpaired) electrons. The molecule has 1 aromatic carbocycles. The Kier molecular flexibility index (Phi) is 3.41. The standard InChI is InChI=1S/C12H13F3O/c1-7-4-9(3)10(5-8(7)2)6-11(16)12(13,14)15/h4-5H,6H2,1-3H3. The van der Waals surface area contributed by atoms with Gasteiger partial charge in [-0.15, -0.1) is 0 Å². The van der Waals surface area contributed by atoms with Crippen molar-refractivity contribution in [3.8, 4) is 0 Å². The molecule has 0 fully saturated rings. The maximum atomic E-state index is 12.1. The van der Waals surface area contributed by atoms with Crippen LogP contribution in [-0.2, 0) is 11.2 Å². The Hall–Kier alpha value is -1.32. The lowest BCUT2D eigenvalue weighted by Crippen LogP contribution is -2.24. The highest BCUT2D eigenvalue weighted by Gasteiger charge is 2.37. The normalized spacial score (nSPS) is 11.6. The highest BCUT2D eigenvalue weighted by molar-refractivity contribution is 5.86. The second-order valence-corrected chi connectivity index (χ2v) is 3.96. The zero-order chi connectivity index (χ0) is 12.5. The third-order valence-corrected chi connectivity index (χ3v) is 2.62. The van der Waals surface area contributed by atoms with Crippen LogP contribution in [0.3, 0.4) is 0 Å². The Labute approximate surface area is 92.3 Å². The molecule has 0 aliphatic heterocycles. The quantitative estimate of drug-likeness (QED) is 0.762. The van der Waals surface area contributed by atoms with Crippen LogP contribution in [0.2, 0.25) is 0 Å². The van der Waals surface area contributed by atoms with E-state index in [0.29, 0.717) is 5.56 Å². The van der Waals surface area contributed by atoms with Gasteiger partial charge in [0.25, 0.3) is 0 Å². The monoisotopic (exact) mass is 230 g/mol. The Bertz CT molecular complexity index is 419. The summed E-state index contributed by atoms with van der Waals surface area (Å²) in [5.74, 6) is -1.70. The SMILES string of the molecule is Cc1cc(C)c(CC(=O)C(F)(F)F)cc1C. The number of carbonyl (C=O) groups excluding carboxylic acids is 1. The van der Waals surface area contributed by atoms with E-state index in [1.165, 1.54) is 0 Å². The number of aryl methyl sites for hydroxylation is 3. The smallest absolute Gasteiger partial charge is 0.289 e. The molecule has 0 bridgehead atoms. The molecule has 0 heterocycles. The van der Waals surface area contributed by atoms with E-state index in [-0.39, 0.29) is 0 Å². The number of hydrogen-bond acceptors (Lipinski definition) is 1. The van der Waals surface area contributed by atoms with Crippen molar-refractivity contribution in [1.82, 2.24) is 0 Å². The van der Waals surface area contributed by atoms with Gasteiger partial charge in [-0.05, 0) is 43.0 Å². The molecule has 16 heavy (non-hydrogen) atoms. The van der Waals surface area contributed by atoms with Gasteiger partial charge in [0.05, 0.1) is 0 Å². The summed E-state index contributed by atoms with van der Waals surface area (Å²) in [6.45, 7) is 5.42. The van der Waals surface area contributed by atoms with Crippen molar-refractivity contribution in [2.75, 3.05) is 0 Å². The molecule has 1 nitrogen and oxygen atoms in total. The Morgan fingerprint density at radius 3 is 2.06 bits per heavy atom. The summed E-state index contributed by atoms with van der Waals surface area (Å²) in [7, 11) is 0. The minimum atomic E-state index is -4.74. The van der Waals surface area contributed by atoms with Gasteiger partial charge in [0.15, 0.2) is 0 Å². The number of halogens is 3. The second-order valence-electron chi connectivity index (χ2n) is 3.96. The largest absolute Gasteiger partial charge is 0.450 e.